The highest BCUT2D eigenvalue weighted by Gasteiger charge is 2.73. The fourth-order valence-electron chi connectivity index (χ4n) is 3.19. The van der Waals surface area contributed by atoms with Gasteiger partial charge in [0, 0.05) is 6.61 Å². The van der Waals surface area contributed by atoms with E-state index in [2.05, 4.69) is 4.65 Å². The number of rotatable bonds is 5. The molecule has 2 heterocycles. The van der Waals surface area contributed by atoms with Gasteiger partial charge in [0.1, 0.15) is 10.1 Å². The standard InChI is InChI=1S/C15H26BNO7SSi/c1-14(2,3)26(5,6)23-7-9-11(19)17-10(13(20)24-16)15(4,8-18)25(21,22)12(9)17/h9-10,12,18H,7-8H2,1-6H3/t9-,10?,12?,15+/m1/s1. The van der Waals surface area contributed by atoms with E-state index < -0.39 is 58.7 Å². The third kappa shape index (κ3) is 2.74. The molecular formula is C15H26BNO7SSi. The maximum Gasteiger partial charge on any atom is 0.378 e. The van der Waals surface area contributed by atoms with Crippen LogP contribution in [-0.4, -0.2) is 76.0 Å². The number of β-lactam (4-membered cyclic amide) rings is 1. The number of hydrogen-bond acceptors (Lipinski definition) is 7. The molecule has 146 valence electrons. The topological polar surface area (TPSA) is 110 Å². The molecule has 4 atom stereocenters. The quantitative estimate of drug-likeness (QED) is 0.507. The van der Waals surface area contributed by atoms with Gasteiger partial charge in [-0.2, -0.15) is 0 Å². The zero-order valence-corrected chi connectivity index (χ0v) is 17.8. The summed E-state index contributed by atoms with van der Waals surface area (Å²) >= 11 is 0. The summed E-state index contributed by atoms with van der Waals surface area (Å²) in [4.78, 5) is 25.6. The molecule has 11 heteroatoms. The smallest absolute Gasteiger partial charge is 0.378 e. The number of nitrogens with zero attached hydrogens (tertiary/aromatic N) is 1. The molecule has 2 rings (SSSR count). The summed E-state index contributed by atoms with van der Waals surface area (Å²) in [6.07, 6.45) is 0. The van der Waals surface area contributed by atoms with Crippen molar-refractivity contribution in [1.82, 2.24) is 4.90 Å². The molecule has 8 nitrogen and oxygen atoms in total. The largest absolute Gasteiger partial charge is 0.542 e. The van der Waals surface area contributed by atoms with Gasteiger partial charge in [-0.15, -0.1) is 0 Å². The van der Waals surface area contributed by atoms with E-state index in [1.807, 2.05) is 33.9 Å². The minimum absolute atomic E-state index is 0.0401. The SMILES string of the molecule is [B]OC(=O)C1N2C(=O)[C@@H](CO[Si](C)(C)C(C)(C)C)C2S(=O)(=O)[C@@]1(C)CO. The molecule has 0 spiro atoms. The zero-order chi connectivity index (χ0) is 20.3. The lowest BCUT2D eigenvalue weighted by Crippen LogP contribution is -2.65. The molecular weight excluding hydrogens is 377 g/mol. The number of fused-ring (bicyclic) bond motifs is 1. The summed E-state index contributed by atoms with van der Waals surface area (Å²) in [6.45, 7) is 10.5. The minimum atomic E-state index is -4.03. The van der Waals surface area contributed by atoms with Gasteiger partial charge in [-0.05, 0) is 25.1 Å². The maximum atomic E-state index is 13.0. The highest BCUT2D eigenvalue weighted by atomic mass is 32.2. The second-order valence-corrected chi connectivity index (χ2v) is 16.0. The predicted octanol–water partition coefficient (Wildman–Crippen LogP) is -0.0326. The van der Waals surface area contributed by atoms with Gasteiger partial charge in [-0.25, -0.2) is 8.42 Å². The van der Waals surface area contributed by atoms with Crippen LogP contribution < -0.4 is 0 Å². The zero-order valence-electron chi connectivity index (χ0n) is 16.0. The van der Waals surface area contributed by atoms with Crippen LogP contribution in [0.3, 0.4) is 0 Å². The van der Waals surface area contributed by atoms with Crippen LogP contribution in [0.25, 0.3) is 0 Å². The Bertz CT molecular complexity index is 720. The monoisotopic (exact) mass is 403 g/mol. The van der Waals surface area contributed by atoms with Crippen molar-refractivity contribution < 1.29 is 32.2 Å². The van der Waals surface area contributed by atoms with E-state index in [0.717, 1.165) is 4.90 Å². The fourth-order valence-corrected chi connectivity index (χ4v) is 6.62. The van der Waals surface area contributed by atoms with E-state index in [4.69, 9.17) is 12.5 Å². The number of aliphatic hydroxyl groups excluding tert-OH is 1. The van der Waals surface area contributed by atoms with Crippen molar-refractivity contribution in [3.63, 3.8) is 0 Å². The van der Waals surface area contributed by atoms with Crippen molar-refractivity contribution in [2.24, 2.45) is 5.92 Å². The lowest BCUT2D eigenvalue weighted by Gasteiger charge is -2.45. The van der Waals surface area contributed by atoms with Crippen molar-refractivity contribution in [3.8, 4) is 0 Å². The average molecular weight is 403 g/mol. The van der Waals surface area contributed by atoms with Crippen LogP contribution in [0.1, 0.15) is 27.7 Å². The number of amides is 1. The van der Waals surface area contributed by atoms with Crippen LogP contribution in [0.4, 0.5) is 0 Å². The lowest BCUT2D eigenvalue weighted by molar-refractivity contribution is -0.164. The van der Waals surface area contributed by atoms with Gasteiger partial charge in [0.05, 0.1) is 12.5 Å². The number of carbonyl (C=O) groups excluding carboxylic acids is 2. The summed E-state index contributed by atoms with van der Waals surface area (Å²) < 4.78 is 34.3. The molecule has 0 aromatic heterocycles. The predicted molar refractivity (Wildman–Crippen MR) is 97.3 cm³/mol. The van der Waals surface area contributed by atoms with Gasteiger partial charge in [0.25, 0.3) is 0 Å². The summed E-state index contributed by atoms with van der Waals surface area (Å²) in [5.41, 5.74) is 0. The Morgan fingerprint density at radius 3 is 2.35 bits per heavy atom. The molecule has 0 aromatic rings. The van der Waals surface area contributed by atoms with Crippen molar-refractivity contribution in [2.75, 3.05) is 13.2 Å². The first-order chi connectivity index (χ1) is 11.7. The Morgan fingerprint density at radius 2 is 1.92 bits per heavy atom. The van der Waals surface area contributed by atoms with Crippen LogP contribution in [0, 0.1) is 5.92 Å². The molecule has 1 amide bonds. The second kappa shape index (κ2) is 6.32. The fraction of sp³-hybridized carbons (Fsp3) is 0.867. The van der Waals surface area contributed by atoms with Crippen molar-refractivity contribution in [3.05, 3.63) is 0 Å². The molecule has 2 unspecified atom stereocenters. The van der Waals surface area contributed by atoms with Crippen LogP contribution in [0.2, 0.25) is 18.1 Å². The van der Waals surface area contributed by atoms with Gasteiger partial charge in [0.2, 0.25) is 5.91 Å². The Morgan fingerprint density at radius 1 is 1.38 bits per heavy atom. The first-order valence-corrected chi connectivity index (χ1v) is 12.8. The number of carbonyl (C=O) groups is 2. The van der Waals surface area contributed by atoms with Gasteiger partial charge in [-0.3, -0.25) is 9.59 Å². The van der Waals surface area contributed by atoms with E-state index in [0.29, 0.717) is 0 Å². The molecule has 2 fully saturated rings. The Labute approximate surface area is 156 Å². The number of sulfone groups is 1. The average Bonchev–Trinajstić information content (AvgIpc) is 2.68. The van der Waals surface area contributed by atoms with E-state index in [-0.39, 0.29) is 11.6 Å². The normalized spacial score (nSPS) is 33.6. The Kier molecular flexibility index (Phi) is 5.20. The summed E-state index contributed by atoms with van der Waals surface area (Å²) in [6, 6.07) is -1.47. The van der Waals surface area contributed by atoms with E-state index in [9.17, 15) is 23.1 Å². The number of hydrogen-bond donors (Lipinski definition) is 1. The molecule has 0 bridgehead atoms. The van der Waals surface area contributed by atoms with Gasteiger partial charge >= 0.3 is 14.0 Å². The molecule has 2 radical (unpaired) electrons. The van der Waals surface area contributed by atoms with Crippen LogP contribution in [0.15, 0.2) is 0 Å². The van der Waals surface area contributed by atoms with Crippen LogP contribution in [0.5, 0.6) is 0 Å². The third-order valence-corrected chi connectivity index (χ3v) is 13.4. The first kappa shape index (κ1) is 21.4. The Hall–Kier alpha value is -0.908. The first-order valence-electron chi connectivity index (χ1n) is 8.38. The molecule has 0 saturated carbocycles. The molecule has 0 aromatic carbocycles. The van der Waals surface area contributed by atoms with Crippen molar-refractivity contribution >= 4 is 38.1 Å². The van der Waals surface area contributed by atoms with E-state index in [1.54, 1.807) is 0 Å². The van der Waals surface area contributed by atoms with Crippen LogP contribution >= 0.6 is 0 Å². The summed E-state index contributed by atoms with van der Waals surface area (Å²) in [5.74, 6) is -2.48. The lowest BCUT2D eigenvalue weighted by atomic mass is 9.91. The maximum absolute atomic E-state index is 13.0. The summed E-state index contributed by atoms with van der Waals surface area (Å²) in [7, 11) is -1.31. The molecule has 1 N–H and O–H groups in total. The van der Waals surface area contributed by atoms with E-state index in [1.165, 1.54) is 6.92 Å². The van der Waals surface area contributed by atoms with Crippen LogP contribution in [-0.2, 0) is 28.5 Å². The van der Waals surface area contributed by atoms with Crippen molar-refractivity contribution in [2.45, 2.75) is 62.0 Å². The third-order valence-electron chi connectivity index (χ3n) is 6.10. The van der Waals surface area contributed by atoms with Crippen molar-refractivity contribution in [1.29, 1.82) is 0 Å². The molecule has 0 aliphatic carbocycles. The number of aliphatic hydroxyl groups is 1. The van der Waals surface area contributed by atoms with Gasteiger partial charge in [0.15, 0.2) is 24.2 Å². The van der Waals surface area contributed by atoms with E-state index >= 15 is 0 Å². The second-order valence-electron chi connectivity index (χ2n) is 8.67. The Balaban J connectivity index is 2.33. The molecule has 2 aliphatic heterocycles. The van der Waals surface area contributed by atoms with Gasteiger partial charge < -0.3 is 19.1 Å². The highest BCUT2D eigenvalue weighted by molar-refractivity contribution is 7.94. The van der Waals surface area contributed by atoms with Gasteiger partial charge in [-0.1, -0.05) is 20.8 Å². The minimum Gasteiger partial charge on any atom is -0.542 e. The molecule has 2 saturated heterocycles. The molecule has 26 heavy (non-hydrogen) atoms. The molecule has 2 aliphatic rings. The highest BCUT2D eigenvalue weighted by Crippen LogP contribution is 2.49. The summed E-state index contributed by atoms with van der Waals surface area (Å²) in [5, 5.41) is 8.37.